The maximum Gasteiger partial charge on any atom is 0.338 e. The van der Waals surface area contributed by atoms with Gasteiger partial charge in [-0.25, -0.2) is 9.59 Å². The van der Waals surface area contributed by atoms with Crippen LogP contribution in [0.15, 0.2) is 11.4 Å². The first-order valence-electron chi connectivity index (χ1n) is 6.06. The molecule has 1 saturated heterocycles. The number of carboxylic acid groups (broad SMARTS) is 1. The highest BCUT2D eigenvalue weighted by Crippen LogP contribution is 2.23. The Kier molecular flexibility index (Phi) is 4.06. The molecule has 1 unspecified atom stereocenters. The van der Waals surface area contributed by atoms with Crippen molar-refractivity contribution < 1.29 is 14.7 Å². The Bertz CT molecular complexity index is 488. The van der Waals surface area contributed by atoms with Crippen LogP contribution in [0.2, 0.25) is 0 Å². The molecule has 0 spiro atoms. The van der Waals surface area contributed by atoms with E-state index in [4.69, 9.17) is 5.11 Å². The van der Waals surface area contributed by atoms with Crippen molar-refractivity contribution in [2.45, 2.75) is 13.0 Å². The van der Waals surface area contributed by atoms with Crippen LogP contribution < -0.4 is 5.32 Å². The molecule has 2 rings (SSSR count). The normalized spacial score (nSPS) is 20.3. The number of carbonyl (C=O) groups is 2. The summed E-state index contributed by atoms with van der Waals surface area (Å²) in [6.45, 7) is 4.19. The topological polar surface area (TPSA) is 72.9 Å². The highest BCUT2D eigenvalue weighted by atomic mass is 32.1. The zero-order chi connectivity index (χ0) is 14.0. The van der Waals surface area contributed by atoms with E-state index in [1.807, 2.05) is 7.05 Å². The van der Waals surface area contributed by atoms with Gasteiger partial charge in [-0.15, -0.1) is 11.3 Å². The number of thiophene rings is 1. The summed E-state index contributed by atoms with van der Waals surface area (Å²) in [6, 6.07) is 1.57. The van der Waals surface area contributed by atoms with E-state index in [1.165, 1.54) is 17.4 Å². The number of carboxylic acids is 1. The standard InChI is InChI=1S/C12H17N3O3S/c1-8-7-15(5-4-14(8)2)12(18)13-10-9(11(16)17)3-6-19-10/h3,6,8H,4-5,7H2,1-2H3,(H,13,18)(H,16,17). The van der Waals surface area contributed by atoms with Crippen LogP contribution >= 0.6 is 11.3 Å². The lowest BCUT2D eigenvalue weighted by atomic mass is 10.2. The largest absolute Gasteiger partial charge is 0.478 e. The molecule has 7 heteroatoms. The third-order valence-corrected chi connectivity index (χ3v) is 4.19. The predicted molar refractivity (Wildman–Crippen MR) is 74.0 cm³/mol. The van der Waals surface area contributed by atoms with Crippen LogP contribution in [0.4, 0.5) is 9.80 Å². The molecular weight excluding hydrogens is 266 g/mol. The molecule has 1 fully saturated rings. The molecule has 2 heterocycles. The van der Waals surface area contributed by atoms with Crippen LogP contribution in [-0.2, 0) is 0 Å². The molecule has 0 aliphatic carbocycles. The lowest BCUT2D eigenvalue weighted by Gasteiger charge is -2.37. The van der Waals surface area contributed by atoms with E-state index in [0.29, 0.717) is 24.1 Å². The summed E-state index contributed by atoms with van der Waals surface area (Å²) < 4.78 is 0. The van der Waals surface area contributed by atoms with E-state index in [0.717, 1.165) is 6.54 Å². The molecule has 2 amide bonds. The number of likely N-dealkylation sites (N-methyl/N-ethyl adjacent to an activating group) is 1. The highest BCUT2D eigenvalue weighted by molar-refractivity contribution is 7.14. The predicted octanol–water partition coefficient (Wildman–Crippen LogP) is 1.61. The fourth-order valence-corrected chi connectivity index (χ4v) is 2.75. The zero-order valence-electron chi connectivity index (χ0n) is 10.9. The van der Waals surface area contributed by atoms with Gasteiger partial charge >= 0.3 is 12.0 Å². The summed E-state index contributed by atoms with van der Waals surface area (Å²) in [4.78, 5) is 27.0. The van der Waals surface area contributed by atoms with Crippen LogP contribution in [-0.4, -0.2) is 59.6 Å². The molecule has 1 aromatic rings. The summed E-state index contributed by atoms with van der Waals surface area (Å²) in [5.74, 6) is -1.02. The maximum atomic E-state index is 12.1. The number of carbonyl (C=O) groups excluding carboxylic acids is 1. The monoisotopic (exact) mass is 283 g/mol. The molecule has 1 atom stereocenters. The van der Waals surface area contributed by atoms with Gasteiger partial charge in [-0.3, -0.25) is 5.32 Å². The smallest absolute Gasteiger partial charge is 0.338 e. The van der Waals surface area contributed by atoms with E-state index in [1.54, 1.807) is 10.3 Å². The lowest BCUT2D eigenvalue weighted by Crippen LogP contribution is -2.53. The van der Waals surface area contributed by atoms with Crippen LogP contribution in [0.5, 0.6) is 0 Å². The van der Waals surface area contributed by atoms with Crippen molar-refractivity contribution in [1.82, 2.24) is 9.80 Å². The summed E-state index contributed by atoms with van der Waals surface area (Å²) in [6.07, 6.45) is 0. The van der Waals surface area contributed by atoms with Gasteiger partial charge in [0.05, 0.1) is 5.56 Å². The minimum absolute atomic E-state index is 0.139. The first kappa shape index (κ1) is 13.8. The van der Waals surface area contributed by atoms with Gasteiger partial charge < -0.3 is 14.9 Å². The second-order valence-corrected chi connectivity index (χ2v) is 5.59. The third kappa shape index (κ3) is 3.05. The molecule has 1 aliphatic heterocycles. The Labute approximate surface area is 115 Å². The Hall–Kier alpha value is -1.60. The van der Waals surface area contributed by atoms with Gasteiger partial charge in [-0.2, -0.15) is 0 Å². The van der Waals surface area contributed by atoms with Crippen molar-refractivity contribution in [3.8, 4) is 0 Å². The molecule has 0 bridgehead atoms. The van der Waals surface area contributed by atoms with E-state index < -0.39 is 5.97 Å². The zero-order valence-corrected chi connectivity index (χ0v) is 11.7. The Morgan fingerprint density at radius 2 is 2.21 bits per heavy atom. The Morgan fingerprint density at radius 3 is 2.84 bits per heavy atom. The average molecular weight is 283 g/mol. The summed E-state index contributed by atoms with van der Waals surface area (Å²) in [7, 11) is 2.03. The van der Waals surface area contributed by atoms with Gasteiger partial charge in [-0.05, 0) is 25.4 Å². The molecule has 1 aliphatic rings. The van der Waals surface area contributed by atoms with Crippen molar-refractivity contribution in [1.29, 1.82) is 0 Å². The molecule has 6 nitrogen and oxygen atoms in total. The number of nitrogens with one attached hydrogen (secondary N) is 1. The average Bonchev–Trinajstić information content (AvgIpc) is 2.80. The van der Waals surface area contributed by atoms with Crippen molar-refractivity contribution >= 4 is 28.3 Å². The Balaban J connectivity index is 2.01. The number of amides is 2. The highest BCUT2D eigenvalue weighted by Gasteiger charge is 2.25. The first-order chi connectivity index (χ1) is 8.99. The molecular formula is C12H17N3O3S. The van der Waals surface area contributed by atoms with E-state index >= 15 is 0 Å². The number of urea groups is 1. The van der Waals surface area contributed by atoms with E-state index in [2.05, 4.69) is 17.1 Å². The van der Waals surface area contributed by atoms with Gasteiger partial charge in [0, 0.05) is 25.7 Å². The number of piperazine rings is 1. The van der Waals surface area contributed by atoms with E-state index in [9.17, 15) is 9.59 Å². The van der Waals surface area contributed by atoms with Crippen LogP contribution in [0, 0.1) is 0 Å². The SMILES string of the molecule is CC1CN(C(=O)Nc2sccc2C(=O)O)CCN1C. The molecule has 104 valence electrons. The van der Waals surface area contributed by atoms with Gasteiger partial charge in [0.1, 0.15) is 5.00 Å². The number of nitrogens with zero attached hydrogens (tertiary/aromatic N) is 2. The fourth-order valence-electron chi connectivity index (χ4n) is 1.98. The molecule has 0 radical (unpaired) electrons. The minimum Gasteiger partial charge on any atom is -0.478 e. The van der Waals surface area contributed by atoms with Crippen molar-refractivity contribution in [2.24, 2.45) is 0 Å². The van der Waals surface area contributed by atoms with Gasteiger partial charge in [0.25, 0.3) is 0 Å². The number of anilines is 1. The number of hydrogen-bond acceptors (Lipinski definition) is 4. The van der Waals surface area contributed by atoms with Crippen LogP contribution in [0.1, 0.15) is 17.3 Å². The number of hydrogen-bond donors (Lipinski definition) is 2. The number of rotatable bonds is 2. The Morgan fingerprint density at radius 1 is 1.47 bits per heavy atom. The van der Waals surface area contributed by atoms with Crippen molar-refractivity contribution in [2.75, 3.05) is 32.0 Å². The maximum absolute atomic E-state index is 12.1. The summed E-state index contributed by atoms with van der Waals surface area (Å²) >= 11 is 1.22. The molecule has 1 aromatic heterocycles. The second kappa shape index (κ2) is 5.58. The third-order valence-electron chi connectivity index (χ3n) is 3.36. The molecule has 19 heavy (non-hydrogen) atoms. The molecule has 2 N–H and O–H groups in total. The lowest BCUT2D eigenvalue weighted by molar-refractivity contribution is 0.0698. The second-order valence-electron chi connectivity index (χ2n) is 4.67. The van der Waals surface area contributed by atoms with Crippen LogP contribution in [0.25, 0.3) is 0 Å². The quantitative estimate of drug-likeness (QED) is 0.865. The summed E-state index contributed by atoms with van der Waals surface area (Å²) in [5.41, 5.74) is 0.139. The minimum atomic E-state index is -1.02. The van der Waals surface area contributed by atoms with Crippen molar-refractivity contribution in [3.63, 3.8) is 0 Å². The fraction of sp³-hybridized carbons (Fsp3) is 0.500. The number of aromatic carboxylic acids is 1. The van der Waals surface area contributed by atoms with Gasteiger partial charge in [0.15, 0.2) is 0 Å². The van der Waals surface area contributed by atoms with E-state index in [-0.39, 0.29) is 11.6 Å². The van der Waals surface area contributed by atoms with Crippen LogP contribution in [0.3, 0.4) is 0 Å². The van der Waals surface area contributed by atoms with Gasteiger partial charge in [0.2, 0.25) is 0 Å². The van der Waals surface area contributed by atoms with Gasteiger partial charge in [-0.1, -0.05) is 0 Å². The summed E-state index contributed by atoms with van der Waals surface area (Å²) in [5, 5.41) is 13.7. The van der Waals surface area contributed by atoms with Crippen molar-refractivity contribution in [3.05, 3.63) is 17.0 Å². The molecule has 0 saturated carbocycles. The molecule has 0 aromatic carbocycles. The first-order valence-corrected chi connectivity index (χ1v) is 6.94.